The highest BCUT2D eigenvalue weighted by atomic mass is 32.2. The van der Waals surface area contributed by atoms with E-state index in [1.807, 2.05) is 6.92 Å². The zero-order chi connectivity index (χ0) is 22.0. The number of hydrogen-bond acceptors (Lipinski definition) is 5. The summed E-state index contributed by atoms with van der Waals surface area (Å²) >= 11 is 1.26. The first-order valence-corrected chi connectivity index (χ1v) is 12.3. The number of aromatic nitrogens is 1. The number of piperidine rings is 1. The minimum atomic E-state index is -3.58. The average Bonchev–Trinajstić information content (AvgIpc) is 3.23. The van der Waals surface area contributed by atoms with Gasteiger partial charge in [-0.1, -0.05) is 6.42 Å². The first-order valence-electron chi connectivity index (χ1n) is 9.99. The Morgan fingerprint density at radius 1 is 1.13 bits per heavy atom. The number of amides is 1. The number of benzene rings is 2. The van der Waals surface area contributed by atoms with Gasteiger partial charge in [0.25, 0.3) is 5.91 Å². The number of nitrogens with zero attached hydrogens (tertiary/aromatic N) is 2. The van der Waals surface area contributed by atoms with E-state index < -0.39 is 10.0 Å². The van der Waals surface area contributed by atoms with Gasteiger partial charge in [0.1, 0.15) is 5.82 Å². The fraction of sp³-hybridized carbons (Fsp3) is 0.273. The predicted molar refractivity (Wildman–Crippen MR) is 119 cm³/mol. The lowest BCUT2D eigenvalue weighted by Crippen LogP contribution is -2.41. The number of carbonyl (C=O) groups excluding carboxylic acids is 1. The van der Waals surface area contributed by atoms with Crippen LogP contribution in [0.5, 0.6) is 0 Å². The van der Waals surface area contributed by atoms with E-state index in [0.29, 0.717) is 22.9 Å². The molecule has 6 nitrogen and oxygen atoms in total. The standard InChI is InChI=1S/C22H22FN3O3S2/c1-15-4-2-3-13-26(15)31(28,29)19-11-7-17(8-12-19)21(27)25-22-24-20(14-30-22)16-5-9-18(23)10-6-16/h5-12,14-15H,2-4,13H2,1H3,(H,24,25,27)/t15-/m1/s1. The van der Waals surface area contributed by atoms with E-state index >= 15 is 0 Å². The fourth-order valence-electron chi connectivity index (χ4n) is 3.60. The largest absolute Gasteiger partial charge is 0.298 e. The van der Waals surface area contributed by atoms with Crippen molar-refractivity contribution in [2.75, 3.05) is 11.9 Å². The van der Waals surface area contributed by atoms with Crippen molar-refractivity contribution in [1.29, 1.82) is 0 Å². The molecule has 0 spiro atoms. The summed E-state index contributed by atoms with van der Waals surface area (Å²) < 4.78 is 40.5. The first kappa shape index (κ1) is 21.6. The van der Waals surface area contributed by atoms with Crippen LogP contribution in [-0.2, 0) is 10.0 Å². The van der Waals surface area contributed by atoms with Crippen LogP contribution >= 0.6 is 11.3 Å². The molecule has 1 amide bonds. The Balaban J connectivity index is 1.46. The molecule has 3 aromatic rings. The molecule has 1 aliphatic heterocycles. The van der Waals surface area contributed by atoms with Crippen LogP contribution in [0.15, 0.2) is 58.8 Å². The molecule has 31 heavy (non-hydrogen) atoms. The molecular weight excluding hydrogens is 437 g/mol. The van der Waals surface area contributed by atoms with Crippen molar-refractivity contribution < 1.29 is 17.6 Å². The van der Waals surface area contributed by atoms with E-state index in [0.717, 1.165) is 24.8 Å². The highest BCUT2D eigenvalue weighted by molar-refractivity contribution is 7.89. The van der Waals surface area contributed by atoms with Gasteiger partial charge in [-0.15, -0.1) is 11.3 Å². The van der Waals surface area contributed by atoms with E-state index in [2.05, 4.69) is 10.3 Å². The molecule has 2 heterocycles. The number of hydrogen-bond donors (Lipinski definition) is 1. The number of sulfonamides is 1. The second kappa shape index (κ2) is 8.86. The van der Waals surface area contributed by atoms with E-state index in [1.165, 1.54) is 52.0 Å². The lowest BCUT2D eigenvalue weighted by molar-refractivity contribution is 0.102. The minimum absolute atomic E-state index is 0.0260. The van der Waals surface area contributed by atoms with Gasteiger partial charge in [0.05, 0.1) is 10.6 Å². The van der Waals surface area contributed by atoms with Crippen molar-refractivity contribution in [3.05, 3.63) is 65.3 Å². The molecule has 2 aromatic carbocycles. The molecule has 1 saturated heterocycles. The molecule has 162 valence electrons. The number of halogens is 1. The average molecular weight is 460 g/mol. The second-order valence-electron chi connectivity index (χ2n) is 7.48. The molecule has 1 N–H and O–H groups in total. The number of anilines is 1. The second-order valence-corrected chi connectivity index (χ2v) is 10.2. The molecule has 0 radical (unpaired) electrons. The van der Waals surface area contributed by atoms with Gasteiger partial charge in [0, 0.05) is 29.1 Å². The summed E-state index contributed by atoms with van der Waals surface area (Å²) in [5.41, 5.74) is 1.72. The van der Waals surface area contributed by atoms with Crippen LogP contribution in [0.3, 0.4) is 0 Å². The topological polar surface area (TPSA) is 79.4 Å². The van der Waals surface area contributed by atoms with E-state index in [9.17, 15) is 17.6 Å². The van der Waals surface area contributed by atoms with Gasteiger partial charge in [-0.3, -0.25) is 10.1 Å². The van der Waals surface area contributed by atoms with Gasteiger partial charge >= 0.3 is 0 Å². The zero-order valence-corrected chi connectivity index (χ0v) is 18.5. The van der Waals surface area contributed by atoms with E-state index in [4.69, 9.17) is 0 Å². The Hall–Kier alpha value is -2.62. The van der Waals surface area contributed by atoms with Crippen LogP contribution in [0.25, 0.3) is 11.3 Å². The van der Waals surface area contributed by atoms with Gasteiger partial charge in [-0.2, -0.15) is 4.31 Å². The number of carbonyl (C=O) groups is 1. The molecule has 0 saturated carbocycles. The molecule has 1 atom stereocenters. The smallest absolute Gasteiger partial charge is 0.257 e. The third kappa shape index (κ3) is 4.68. The maximum atomic E-state index is 13.1. The molecule has 1 fully saturated rings. The Labute approximate surface area is 184 Å². The highest BCUT2D eigenvalue weighted by Crippen LogP contribution is 2.27. The lowest BCUT2D eigenvalue weighted by Gasteiger charge is -2.32. The van der Waals surface area contributed by atoms with Crippen LogP contribution < -0.4 is 5.32 Å². The molecular formula is C22H22FN3O3S2. The summed E-state index contributed by atoms with van der Waals surface area (Å²) in [5, 5.41) is 4.90. The summed E-state index contributed by atoms with van der Waals surface area (Å²) in [4.78, 5) is 17.1. The summed E-state index contributed by atoms with van der Waals surface area (Å²) in [6.07, 6.45) is 2.75. The number of nitrogens with one attached hydrogen (secondary N) is 1. The van der Waals surface area contributed by atoms with Crippen LogP contribution in [0.4, 0.5) is 9.52 Å². The fourth-order valence-corrected chi connectivity index (χ4v) is 6.01. The predicted octanol–water partition coefficient (Wildman–Crippen LogP) is 4.76. The van der Waals surface area contributed by atoms with Crippen molar-refractivity contribution in [1.82, 2.24) is 9.29 Å². The third-order valence-corrected chi connectivity index (χ3v) is 8.12. The third-order valence-electron chi connectivity index (χ3n) is 5.33. The Morgan fingerprint density at radius 3 is 2.52 bits per heavy atom. The van der Waals surface area contributed by atoms with Crippen molar-refractivity contribution in [3.63, 3.8) is 0 Å². The maximum Gasteiger partial charge on any atom is 0.257 e. The Bertz CT molecular complexity index is 1180. The summed E-state index contributed by atoms with van der Waals surface area (Å²) in [7, 11) is -3.58. The molecule has 9 heteroatoms. The van der Waals surface area contributed by atoms with Crippen molar-refractivity contribution in [2.45, 2.75) is 37.1 Å². The van der Waals surface area contributed by atoms with Gasteiger partial charge < -0.3 is 0 Å². The Morgan fingerprint density at radius 2 is 1.84 bits per heavy atom. The van der Waals surface area contributed by atoms with E-state index in [1.54, 1.807) is 17.5 Å². The van der Waals surface area contributed by atoms with Gasteiger partial charge in [0.2, 0.25) is 10.0 Å². The van der Waals surface area contributed by atoms with Crippen LogP contribution in [0, 0.1) is 5.82 Å². The number of thiazole rings is 1. The highest BCUT2D eigenvalue weighted by Gasteiger charge is 2.30. The van der Waals surface area contributed by atoms with Gasteiger partial charge in [-0.05, 0) is 68.3 Å². The van der Waals surface area contributed by atoms with Crippen molar-refractivity contribution in [2.24, 2.45) is 0 Å². The molecule has 4 rings (SSSR count). The van der Waals surface area contributed by atoms with Crippen LogP contribution in [0.2, 0.25) is 0 Å². The van der Waals surface area contributed by atoms with E-state index in [-0.39, 0.29) is 22.7 Å². The van der Waals surface area contributed by atoms with Crippen molar-refractivity contribution in [3.8, 4) is 11.3 Å². The maximum absolute atomic E-state index is 13.1. The molecule has 0 bridgehead atoms. The first-order chi connectivity index (χ1) is 14.8. The van der Waals surface area contributed by atoms with Gasteiger partial charge in [0.15, 0.2) is 5.13 Å². The van der Waals surface area contributed by atoms with Crippen LogP contribution in [-0.4, -0.2) is 36.2 Å². The quantitative estimate of drug-likeness (QED) is 0.596. The molecule has 0 aliphatic carbocycles. The molecule has 1 aliphatic rings. The summed E-state index contributed by atoms with van der Waals surface area (Å²) in [6, 6.07) is 11.9. The summed E-state index contributed by atoms with van der Waals surface area (Å²) in [5.74, 6) is -0.706. The normalized spacial score (nSPS) is 17.4. The number of rotatable bonds is 5. The van der Waals surface area contributed by atoms with Crippen molar-refractivity contribution >= 4 is 32.4 Å². The van der Waals surface area contributed by atoms with Crippen LogP contribution in [0.1, 0.15) is 36.5 Å². The molecule has 0 unspecified atom stereocenters. The Kier molecular flexibility index (Phi) is 6.17. The monoisotopic (exact) mass is 459 g/mol. The SMILES string of the molecule is C[C@@H]1CCCCN1S(=O)(=O)c1ccc(C(=O)Nc2nc(-c3ccc(F)cc3)cs2)cc1. The zero-order valence-electron chi connectivity index (χ0n) is 16.9. The van der Waals surface area contributed by atoms with Gasteiger partial charge in [-0.25, -0.2) is 17.8 Å². The molecule has 1 aromatic heterocycles. The lowest BCUT2D eigenvalue weighted by atomic mass is 10.1. The minimum Gasteiger partial charge on any atom is -0.298 e. The summed E-state index contributed by atoms with van der Waals surface area (Å²) in [6.45, 7) is 2.44.